The summed E-state index contributed by atoms with van der Waals surface area (Å²) in [4.78, 5) is 12.7. The molecule has 0 aromatic carbocycles. The number of carbonyl (C=O) groups is 1. The number of aliphatic hydroxyl groups excluding tert-OH is 4. The molecule has 0 saturated heterocycles. The molecule has 1 amide bonds. The third-order valence-corrected chi connectivity index (χ3v) is 16.8. The second-order valence-corrected chi connectivity index (χ2v) is 24.6. The Labute approximate surface area is 487 Å². The smallest absolute Gasteiger partial charge is 0.249 e. The average Bonchev–Trinajstić information content (AvgIpc) is 3.45. The van der Waals surface area contributed by atoms with Crippen LogP contribution in [0.1, 0.15) is 386 Å². The van der Waals surface area contributed by atoms with Crippen molar-refractivity contribution in [1.82, 2.24) is 5.32 Å². The molecule has 0 fully saturated rings. The van der Waals surface area contributed by atoms with Gasteiger partial charge in [-0.25, -0.2) is 0 Å². The van der Waals surface area contributed by atoms with Crippen molar-refractivity contribution in [3.63, 3.8) is 0 Å². The first-order valence-electron chi connectivity index (χ1n) is 35.4. The van der Waals surface area contributed by atoms with Gasteiger partial charge in [-0.2, -0.15) is 0 Å². The van der Waals surface area contributed by atoms with Gasteiger partial charge >= 0.3 is 0 Å². The van der Waals surface area contributed by atoms with Crippen molar-refractivity contribution < 1.29 is 25.2 Å². The Kier molecular flexibility index (Phi) is 65.1. The van der Waals surface area contributed by atoms with Crippen LogP contribution in [-0.2, 0) is 4.79 Å². The SMILES string of the molecule is CCCCCCCCCCCCC/C=C\C/C=C\CCCCCCCCCCCCCCCCCCC(O)C(=O)NC(CO)C(O)C(O)CCC/C=C/CCCCCCCCCCCCCCCCCCCCCCCCC. The van der Waals surface area contributed by atoms with Crippen molar-refractivity contribution >= 4 is 5.91 Å². The van der Waals surface area contributed by atoms with Crippen molar-refractivity contribution in [1.29, 1.82) is 0 Å². The molecule has 0 aliphatic heterocycles. The molecule has 4 unspecified atom stereocenters. The molecule has 0 heterocycles. The van der Waals surface area contributed by atoms with E-state index in [0.29, 0.717) is 12.8 Å². The van der Waals surface area contributed by atoms with Crippen molar-refractivity contribution in [3.8, 4) is 0 Å². The summed E-state index contributed by atoms with van der Waals surface area (Å²) in [7, 11) is 0. The molecule has 0 aliphatic carbocycles. The second-order valence-electron chi connectivity index (χ2n) is 24.6. The Morgan fingerprint density at radius 2 is 0.564 bits per heavy atom. The van der Waals surface area contributed by atoms with Gasteiger partial charge in [0.15, 0.2) is 0 Å². The van der Waals surface area contributed by atoms with E-state index in [9.17, 15) is 25.2 Å². The molecule has 0 aromatic rings. The molecule has 4 atom stereocenters. The summed E-state index contributed by atoms with van der Waals surface area (Å²) in [6.45, 7) is 4.10. The predicted octanol–water partition coefficient (Wildman–Crippen LogP) is 21.9. The highest BCUT2D eigenvalue weighted by Gasteiger charge is 2.28. The summed E-state index contributed by atoms with van der Waals surface area (Å²) in [5, 5.41) is 44.2. The molecule has 0 saturated carbocycles. The summed E-state index contributed by atoms with van der Waals surface area (Å²) in [6.07, 6.45) is 85.6. The zero-order valence-corrected chi connectivity index (χ0v) is 52.7. The third kappa shape index (κ3) is 59.2. The van der Waals surface area contributed by atoms with E-state index in [1.165, 1.54) is 315 Å². The molecule has 0 aliphatic rings. The topological polar surface area (TPSA) is 110 Å². The van der Waals surface area contributed by atoms with Crippen LogP contribution in [0.25, 0.3) is 0 Å². The molecule has 5 N–H and O–H groups in total. The lowest BCUT2D eigenvalue weighted by molar-refractivity contribution is -0.132. The number of allylic oxidation sites excluding steroid dienone is 6. The summed E-state index contributed by atoms with van der Waals surface area (Å²) in [6, 6.07) is -1.00. The molecular weight excluding hydrogens is 959 g/mol. The highest BCUT2D eigenvalue weighted by molar-refractivity contribution is 5.80. The van der Waals surface area contributed by atoms with Crippen molar-refractivity contribution in [2.75, 3.05) is 6.61 Å². The minimum absolute atomic E-state index is 0.365. The lowest BCUT2D eigenvalue weighted by Gasteiger charge is -2.27. The maximum atomic E-state index is 12.7. The number of hydrogen-bond donors (Lipinski definition) is 5. The molecule has 6 heteroatoms. The fourth-order valence-corrected chi connectivity index (χ4v) is 11.3. The van der Waals surface area contributed by atoms with Gasteiger partial charge in [-0.1, -0.05) is 352 Å². The molecular formula is C72H139NO5. The van der Waals surface area contributed by atoms with Crippen LogP contribution in [0.5, 0.6) is 0 Å². The van der Waals surface area contributed by atoms with Gasteiger partial charge in [0, 0.05) is 0 Å². The Morgan fingerprint density at radius 1 is 0.321 bits per heavy atom. The third-order valence-electron chi connectivity index (χ3n) is 16.8. The van der Waals surface area contributed by atoms with Gasteiger partial charge in [0.05, 0.1) is 18.8 Å². The van der Waals surface area contributed by atoms with E-state index in [1.54, 1.807) is 0 Å². The van der Waals surface area contributed by atoms with E-state index in [4.69, 9.17) is 0 Å². The number of unbranched alkanes of at least 4 members (excludes halogenated alkanes) is 51. The van der Waals surface area contributed by atoms with Crippen molar-refractivity contribution in [2.45, 2.75) is 411 Å². The fourth-order valence-electron chi connectivity index (χ4n) is 11.3. The maximum Gasteiger partial charge on any atom is 0.249 e. The van der Waals surface area contributed by atoms with Gasteiger partial charge in [-0.15, -0.1) is 0 Å². The standard InChI is InChI=1S/C72H139NO5/c1-3-5-7-9-11-13-15-17-19-21-23-25-27-29-31-33-34-35-36-37-38-40-42-44-46-48-50-52-54-56-58-60-62-64-66-70(76)72(78)73-68(67-74)71(77)69(75)65-63-61-59-57-55-53-51-49-47-45-43-41-39-32-30-28-26-24-22-20-18-16-14-12-10-8-6-4-2/h27,29,33-34,57,59,68-71,74-77H,3-26,28,30-32,35-56,58,60-67H2,1-2H3,(H,73,78)/b29-27-,34-33-,59-57+. The molecule has 6 nitrogen and oxygen atoms in total. The number of aliphatic hydroxyl groups is 4. The van der Waals surface area contributed by atoms with Crippen LogP contribution in [0.2, 0.25) is 0 Å². The average molecular weight is 1100 g/mol. The summed E-state index contributed by atoms with van der Waals surface area (Å²) >= 11 is 0. The van der Waals surface area contributed by atoms with Gasteiger partial charge in [0.2, 0.25) is 5.91 Å². The Morgan fingerprint density at radius 3 is 0.846 bits per heavy atom. The zero-order chi connectivity index (χ0) is 56.6. The first-order valence-corrected chi connectivity index (χ1v) is 35.4. The van der Waals surface area contributed by atoms with E-state index in [0.717, 1.165) is 44.9 Å². The first-order chi connectivity index (χ1) is 38.5. The molecule has 0 radical (unpaired) electrons. The number of rotatable bonds is 66. The largest absolute Gasteiger partial charge is 0.394 e. The van der Waals surface area contributed by atoms with Crippen LogP contribution in [0.4, 0.5) is 0 Å². The molecule has 78 heavy (non-hydrogen) atoms. The van der Waals surface area contributed by atoms with Crippen LogP contribution in [-0.4, -0.2) is 57.3 Å². The second kappa shape index (κ2) is 66.3. The minimum Gasteiger partial charge on any atom is -0.394 e. The lowest BCUT2D eigenvalue weighted by Crippen LogP contribution is -2.53. The monoisotopic (exact) mass is 1100 g/mol. The van der Waals surface area contributed by atoms with Gasteiger partial charge in [0.1, 0.15) is 12.2 Å². The first kappa shape index (κ1) is 76.5. The van der Waals surface area contributed by atoms with E-state index in [1.807, 2.05) is 0 Å². The highest BCUT2D eigenvalue weighted by Crippen LogP contribution is 2.19. The number of amides is 1. The number of hydrogen-bond acceptors (Lipinski definition) is 5. The Balaban J connectivity index is 3.57. The summed E-state index contributed by atoms with van der Waals surface area (Å²) < 4.78 is 0. The van der Waals surface area contributed by atoms with E-state index in [-0.39, 0.29) is 0 Å². The van der Waals surface area contributed by atoms with Gasteiger partial charge < -0.3 is 25.7 Å². The van der Waals surface area contributed by atoms with E-state index < -0.39 is 36.9 Å². The molecule has 462 valence electrons. The van der Waals surface area contributed by atoms with Gasteiger partial charge in [0.25, 0.3) is 0 Å². The molecule has 0 rings (SSSR count). The predicted molar refractivity (Wildman–Crippen MR) is 344 cm³/mol. The molecule has 0 spiro atoms. The van der Waals surface area contributed by atoms with Crippen molar-refractivity contribution in [2.24, 2.45) is 0 Å². The summed E-state index contributed by atoms with van der Waals surface area (Å²) in [5.41, 5.74) is 0. The quantitative estimate of drug-likeness (QED) is 0.0308. The highest BCUT2D eigenvalue weighted by atomic mass is 16.3. The van der Waals surface area contributed by atoms with Crippen molar-refractivity contribution in [3.05, 3.63) is 36.5 Å². The van der Waals surface area contributed by atoms with E-state index in [2.05, 4.69) is 55.6 Å². The summed E-state index contributed by atoms with van der Waals surface area (Å²) in [5.74, 6) is -0.587. The molecule has 0 bridgehead atoms. The van der Waals surface area contributed by atoms with Crippen LogP contribution < -0.4 is 5.32 Å². The van der Waals surface area contributed by atoms with Gasteiger partial charge in [-0.3, -0.25) is 4.79 Å². The Bertz CT molecular complexity index is 1230. The number of nitrogens with one attached hydrogen (secondary N) is 1. The number of carbonyl (C=O) groups excluding carboxylic acids is 1. The zero-order valence-electron chi connectivity index (χ0n) is 52.7. The van der Waals surface area contributed by atoms with Crippen LogP contribution in [0.3, 0.4) is 0 Å². The van der Waals surface area contributed by atoms with Crippen LogP contribution in [0, 0.1) is 0 Å². The van der Waals surface area contributed by atoms with E-state index >= 15 is 0 Å². The minimum atomic E-state index is -1.28. The van der Waals surface area contributed by atoms with Gasteiger partial charge in [-0.05, 0) is 70.6 Å². The normalized spacial score (nSPS) is 13.7. The van der Waals surface area contributed by atoms with Crippen LogP contribution >= 0.6 is 0 Å². The van der Waals surface area contributed by atoms with Crippen LogP contribution in [0.15, 0.2) is 36.5 Å². The fraction of sp³-hybridized carbons (Fsp3) is 0.903. The molecule has 0 aromatic heterocycles. The Hall–Kier alpha value is -1.47. The lowest BCUT2D eigenvalue weighted by atomic mass is 10.00. The maximum absolute atomic E-state index is 12.7.